The van der Waals surface area contributed by atoms with Crippen molar-refractivity contribution >= 4 is 34.8 Å². The first kappa shape index (κ1) is 18.8. The molecule has 0 bridgehead atoms. The van der Waals surface area contributed by atoms with Crippen LogP contribution < -0.4 is 5.32 Å². The van der Waals surface area contributed by atoms with Gasteiger partial charge < -0.3 is 5.32 Å². The van der Waals surface area contributed by atoms with Gasteiger partial charge in [-0.2, -0.15) is 0 Å². The molecule has 3 aromatic rings. The van der Waals surface area contributed by atoms with E-state index >= 15 is 0 Å². The minimum absolute atomic E-state index is 0.0531. The van der Waals surface area contributed by atoms with Gasteiger partial charge in [-0.25, -0.2) is 0 Å². The third-order valence-electron chi connectivity index (χ3n) is 4.28. The van der Waals surface area contributed by atoms with E-state index in [2.05, 4.69) is 25.1 Å². The fourth-order valence-electron chi connectivity index (χ4n) is 2.76. The molecule has 0 aromatic carbocycles. The summed E-state index contributed by atoms with van der Waals surface area (Å²) in [6.45, 7) is 1.93. The summed E-state index contributed by atoms with van der Waals surface area (Å²) in [4.78, 5) is 29.4. The summed E-state index contributed by atoms with van der Waals surface area (Å²) in [6, 6.07) is 7.95. The SMILES string of the molecule is CC(=O)NCc1ccc(C(=O)CSc2nnc(-c3cccnc3)n2C2CC2)s1. The van der Waals surface area contributed by atoms with Crippen LogP contribution >= 0.6 is 23.1 Å². The van der Waals surface area contributed by atoms with Crippen molar-refractivity contribution in [1.29, 1.82) is 0 Å². The number of thiophene rings is 1. The molecule has 1 aliphatic rings. The van der Waals surface area contributed by atoms with Gasteiger partial charge in [0, 0.05) is 35.8 Å². The van der Waals surface area contributed by atoms with Crippen LogP contribution in [0.5, 0.6) is 0 Å². The number of carbonyl (C=O) groups excluding carboxylic acids is 2. The van der Waals surface area contributed by atoms with Gasteiger partial charge >= 0.3 is 0 Å². The lowest BCUT2D eigenvalue weighted by Gasteiger charge is -2.08. The zero-order chi connectivity index (χ0) is 19.5. The number of amides is 1. The largest absolute Gasteiger partial charge is 0.351 e. The molecular weight excluding hydrogens is 394 g/mol. The number of nitrogens with zero attached hydrogens (tertiary/aromatic N) is 4. The molecule has 1 N–H and O–H groups in total. The van der Waals surface area contributed by atoms with Gasteiger partial charge in [-0.3, -0.25) is 19.1 Å². The van der Waals surface area contributed by atoms with Gasteiger partial charge in [0.25, 0.3) is 0 Å². The standard InChI is InChI=1S/C19H19N5O2S2/c1-12(25)21-10-15-6-7-17(28-15)16(26)11-27-19-23-22-18(24(19)14-4-5-14)13-3-2-8-20-9-13/h2-3,6-9,14H,4-5,10-11H2,1H3,(H,21,25). The lowest BCUT2D eigenvalue weighted by Crippen LogP contribution is -2.18. The van der Waals surface area contributed by atoms with Crippen molar-refractivity contribution in [2.24, 2.45) is 0 Å². The summed E-state index contributed by atoms with van der Waals surface area (Å²) >= 11 is 2.83. The van der Waals surface area contributed by atoms with E-state index in [-0.39, 0.29) is 11.7 Å². The average Bonchev–Trinajstić information content (AvgIpc) is 3.27. The van der Waals surface area contributed by atoms with Crippen LogP contribution in [0.2, 0.25) is 0 Å². The van der Waals surface area contributed by atoms with E-state index in [1.165, 1.54) is 30.0 Å². The molecule has 144 valence electrons. The number of aromatic nitrogens is 4. The molecule has 7 nitrogen and oxygen atoms in total. The van der Waals surface area contributed by atoms with Gasteiger partial charge in [-0.15, -0.1) is 21.5 Å². The maximum Gasteiger partial charge on any atom is 0.217 e. The van der Waals surface area contributed by atoms with Gasteiger partial charge in [0.1, 0.15) is 0 Å². The Balaban J connectivity index is 1.44. The summed E-state index contributed by atoms with van der Waals surface area (Å²) in [7, 11) is 0. The molecule has 4 rings (SSSR count). The molecule has 0 aliphatic heterocycles. The Morgan fingerprint density at radius 1 is 1.29 bits per heavy atom. The minimum atomic E-state index is -0.0827. The maximum absolute atomic E-state index is 12.6. The molecule has 0 atom stereocenters. The van der Waals surface area contributed by atoms with Crippen molar-refractivity contribution < 1.29 is 9.59 Å². The molecule has 1 amide bonds. The zero-order valence-corrected chi connectivity index (χ0v) is 16.9. The number of thioether (sulfide) groups is 1. The average molecular weight is 414 g/mol. The van der Waals surface area contributed by atoms with E-state index in [0.717, 1.165) is 34.3 Å². The predicted octanol–water partition coefficient (Wildman–Crippen LogP) is 3.35. The first-order valence-corrected chi connectivity index (χ1v) is 10.8. The molecule has 3 aromatic heterocycles. The molecule has 1 fully saturated rings. The Bertz CT molecular complexity index is 995. The van der Waals surface area contributed by atoms with Gasteiger partial charge in [0.05, 0.1) is 17.2 Å². The van der Waals surface area contributed by atoms with Crippen LogP contribution in [-0.4, -0.2) is 37.2 Å². The maximum atomic E-state index is 12.6. The number of ketones is 1. The number of pyridine rings is 1. The Kier molecular flexibility index (Phi) is 5.54. The second kappa shape index (κ2) is 8.24. The molecule has 0 radical (unpaired) electrons. The van der Waals surface area contributed by atoms with Crippen LogP contribution in [0.25, 0.3) is 11.4 Å². The van der Waals surface area contributed by atoms with Crippen LogP contribution in [-0.2, 0) is 11.3 Å². The monoisotopic (exact) mass is 413 g/mol. The number of hydrogen-bond acceptors (Lipinski definition) is 7. The Labute approximate surface area is 170 Å². The summed E-state index contributed by atoms with van der Waals surface area (Å²) in [5, 5.41) is 12.2. The van der Waals surface area contributed by atoms with E-state index in [4.69, 9.17) is 0 Å². The molecule has 0 unspecified atom stereocenters. The van der Waals surface area contributed by atoms with Gasteiger partial charge in [0.15, 0.2) is 16.8 Å². The fraction of sp³-hybridized carbons (Fsp3) is 0.316. The summed E-state index contributed by atoms with van der Waals surface area (Å²) in [5.41, 5.74) is 0.931. The van der Waals surface area contributed by atoms with E-state index in [1.807, 2.05) is 24.3 Å². The van der Waals surface area contributed by atoms with Crippen molar-refractivity contribution in [1.82, 2.24) is 25.1 Å². The van der Waals surface area contributed by atoms with Crippen molar-refractivity contribution in [2.45, 2.75) is 37.5 Å². The lowest BCUT2D eigenvalue weighted by molar-refractivity contribution is -0.119. The predicted molar refractivity (Wildman–Crippen MR) is 108 cm³/mol. The highest BCUT2D eigenvalue weighted by molar-refractivity contribution is 7.99. The Morgan fingerprint density at radius 3 is 2.86 bits per heavy atom. The minimum Gasteiger partial charge on any atom is -0.351 e. The first-order chi connectivity index (χ1) is 13.6. The number of Topliss-reactive ketones (excluding diaryl/α,β-unsaturated/α-hetero) is 1. The number of rotatable bonds is 8. The van der Waals surface area contributed by atoms with E-state index in [0.29, 0.717) is 23.2 Å². The molecule has 1 saturated carbocycles. The van der Waals surface area contributed by atoms with Gasteiger partial charge in [-0.1, -0.05) is 11.8 Å². The summed E-state index contributed by atoms with van der Waals surface area (Å²) < 4.78 is 2.13. The van der Waals surface area contributed by atoms with Crippen LogP contribution in [0.3, 0.4) is 0 Å². The molecule has 1 aliphatic carbocycles. The normalized spacial score (nSPS) is 13.5. The van der Waals surface area contributed by atoms with E-state index in [1.54, 1.807) is 12.4 Å². The number of hydrogen-bond donors (Lipinski definition) is 1. The summed E-state index contributed by atoms with van der Waals surface area (Å²) in [6.07, 6.45) is 5.72. The van der Waals surface area contributed by atoms with E-state index in [9.17, 15) is 9.59 Å². The summed E-state index contributed by atoms with van der Waals surface area (Å²) in [5.74, 6) is 1.08. The first-order valence-electron chi connectivity index (χ1n) is 8.96. The fourth-order valence-corrected chi connectivity index (χ4v) is 4.63. The molecule has 0 spiro atoms. The second-order valence-corrected chi connectivity index (χ2v) is 8.65. The van der Waals surface area contributed by atoms with Crippen LogP contribution in [0.4, 0.5) is 0 Å². The lowest BCUT2D eigenvalue weighted by atomic mass is 10.3. The highest BCUT2D eigenvalue weighted by atomic mass is 32.2. The quantitative estimate of drug-likeness (QED) is 0.450. The number of nitrogens with one attached hydrogen (secondary N) is 1. The van der Waals surface area contributed by atoms with Crippen molar-refractivity contribution in [3.63, 3.8) is 0 Å². The topological polar surface area (TPSA) is 89.8 Å². The molecule has 3 heterocycles. The van der Waals surface area contributed by atoms with Gasteiger partial charge in [-0.05, 0) is 37.1 Å². The number of carbonyl (C=O) groups is 2. The van der Waals surface area contributed by atoms with Gasteiger partial charge in [0.2, 0.25) is 5.91 Å². The van der Waals surface area contributed by atoms with E-state index < -0.39 is 0 Å². The highest BCUT2D eigenvalue weighted by Crippen LogP contribution is 2.41. The van der Waals surface area contributed by atoms with Crippen LogP contribution in [0.1, 0.15) is 40.4 Å². The second-order valence-electron chi connectivity index (χ2n) is 6.54. The molecule has 28 heavy (non-hydrogen) atoms. The smallest absolute Gasteiger partial charge is 0.217 e. The molecule has 0 saturated heterocycles. The van der Waals surface area contributed by atoms with Crippen molar-refractivity contribution in [3.05, 3.63) is 46.4 Å². The third kappa shape index (κ3) is 4.31. The van der Waals surface area contributed by atoms with Crippen molar-refractivity contribution in [3.8, 4) is 11.4 Å². The third-order valence-corrected chi connectivity index (χ3v) is 6.35. The molecular formula is C19H19N5O2S2. The molecule has 9 heteroatoms. The van der Waals surface area contributed by atoms with Crippen LogP contribution in [0, 0.1) is 0 Å². The Morgan fingerprint density at radius 2 is 2.14 bits per heavy atom. The Hall–Kier alpha value is -2.52. The van der Waals surface area contributed by atoms with Crippen molar-refractivity contribution in [2.75, 3.05) is 5.75 Å². The highest BCUT2D eigenvalue weighted by Gasteiger charge is 2.30. The zero-order valence-electron chi connectivity index (χ0n) is 15.3. The van der Waals surface area contributed by atoms with Crippen LogP contribution in [0.15, 0.2) is 41.8 Å².